The highest BCUT2D eigenvalue weighted by molar-refractivity contribution is 5.80. The fraction of sp³-hybridized carbons (Fsp3) is 0.250. The summed E-state index contributed by atoms with van der Waals surface area (Å²) in [7, 11) is 1.48. The van der Waals surface area contributed by atoms with Crippen molar-refractivity contribution in [3.8, 4) is 22.8 Å². The van der Waals surface area contributed by atoms with E-state index in [0.717, 1.165) is 4.90 Å². The number of hydrogen-bond acceptors (Lipinski definition) is 4. The SMILES string of the molecule is COc1ccccc1-c1ccnc2c1CN(Cc1cc(C(F)(F)F)cc(C(F)(F)F)c1)C(=O)CO2. The molecule has 0 aliphatic carbocycles. The molecule has 3 aromatic rings. The predicted molar refractivity (Wildman–Crippen MR) is 112 cm³/mol. The molecule has 11 heteroatoms. The third-order valence-electron chi connectivity index (χ3n) is 5.47. The molecule has 2 heterocycles. The number of methoxy groups -OCH3 is 1. The zero-order chi connectivity index (χ0) is 25.4. The number of halogens is 6. The minimum atomic E-state index is -4.99. The number of ether oxygens (including phenoxy) is 2. The molecular weight excluding hydrogens is 478 g/mol. The molecule has 0 spiro atoms. The third kappa shape index (κ3) is 5.18. The summed E-state index contributed by atoms with van der Waals surface area (Å²) >= 11 is 0. The van der Waals surface area contributed by atoms with E-state index in [-0.39, 0.29) is 24.1 Å². The lowest BCUT2D eigenvalue weighted by atomic mass is 9.99. The second kappa shape index (κ2) is 9.12. The van der Waals surface area contributed by atoms with E-state index in [4.69, 9.17) is 9.47 Å². The molecule has 0 saturated heterocycles. The highest BCUT2D eigenvalue weighted by atomic mass is 19.4. The maximum Gasteiger partial charge on any atom is 0.416 e. The van der Waals surface area contributed by atoms with Gasteiger partial charge in [-0.1, -0.05) is 18.2 Å². The third-order valence-corrected chi connectivity index (χ3v) is 5.47. The predicted octanol–water partition coefficient (Wildman–Crippen LogP) is 5.72. The second-order valence-electron chi connectivity index (χ2n) is 7.80. The summed E-state index contributed by atoms with van der Waals surface area (Å²) in [6.07, 6.45) is -8.51. The Balaban J connectivity index is 1.75. The van der Waals surface area contributed by atoms with Crippen LogP contribution in [0.1, 0.15) is 22.3 Å². The lowest BCUT2D eigenvalue weighted by molar-refractivity contribution is -0.143. The molecule has 0 N–H and O–H groups in total. The monoisotopic (exact) mass is 496 g/mol. The van der Waals surface area contributed by atoms with E-state index < -0.39 is 42.5 Å². The maximum atomic E-state index is 13.3. The molecule has 4 rings (SSSR count). The largest absolute Gasteiger partial charge is 0.496 e. The summed E-state index contributed by atoms with van der Waals surface area (Å²) in [5.41, 5.74) is -1.50. The summed E-state index contributed by atoms with van der Waals surface area (Å²) in [5, 5.41) is 0. The topological polar surface area (TPSA) is 51.7 Å². The van der Waals surface area contributed by atoms with Crippen molar-refractivity contribution in [1.82, 2.24) is 9.88 Å². The van der Waals surface area contributed by atoms with Crippen molar-refractivity contribution in [2.45, 2.75) is 25.4 Å². The molecule has 1 aliphatic heterocycles. The van der Waals surface area contributed by atoms with Gasteiger partial charge < -0.3 is 14.4 Å². The number of aromatic nitrogens is 1. The Morgan fingerprint density at radius 2 is 1.63 bits per heavy atom. The zero-order valence-corrected chi connectivity index (χ0v) is 18.2. The van der Waals surface area contributed by atoms with Gasteiger partial charge in [-0.2, -0.15) is 26.3 Å². The fourth-order valence-corrected chi connectivity index (χ4v) is 3.85. The maximum absolute atomic E-state index is 13.3. The van der Waals surface area contributed by atoms with Crippen LogP contribution in [0, 0.1) is 0 Å². The molecule has 0 bridgehead atoms. The quantitative estimate of drug-likeness (QED) is 0.434. The van der Waals surface area contributed by atoms with Gasteiger partial charge in [0.2, 0.25) is 5.88 Å². The van der Waals surface area contributed by atoms with Gasteiger partial charge in [-0.05, 0) is 41.5 Å². The molecule has 35 heavy (non-hydrogen) atoms. The fourth-order valence-electron chi connectivity index (χ4n) is 3.85. The van der Waals surface area contributed by atoms with Gasteiger partial charge in [-0.25, -0.2) is 4.98 Å². The minimum Gasteiger partial charge on any atom is -0.496 e. The Bertz CT molecular complexity index is 1220. The summed E-state index contributed by atoms with van der Waals surface area (Å²) in [6.45, 7) is -1.11. The number of para-hydroxylation sites is 1. The molecule has 0 fully saturated rings. The summed E-state index contributed by atoms with van der Waals surface area (Å²) in [4.78, 5) is 18.0. The molecular formula is C24H18F6N2O3. The molecule has 0 atom stereocenters. The van der Waals surface area contributed by atoms with Crippen molar-refractivity contribution in [2.24, 2.45) is 0 Å². The molecule has 1 aromatic heterocycles. The van der Waals surface area contributed by atoms with Crippen molar-refractivity contribution in [2.75, 3.05) is 13.7 Å². The van der Waals surface area contributed by atoms with Gasteiger partial charge in [-0.15, -0.1) is 0 Å². The van der Waals surface area contributed by atoms with Crippen LogP contribution in [0.3, 0.4) is 0 Å². The van der Waals surface area contributed by atoms with Crippen LogP contribution in [0.2, 0.25) is 0 Å². The molecule has 184 valence electrons. The average molecular weight is 496 g/mol. The number of carbonyl (C=O) groups is 1. The first-order chi connectivity index (χ1) is 16.5. The average Bonchev–Trinajstić information content (AvgIpc) is 2.96. The summed E-state index contributed by atoms with van der Waals surface area (Å²) < 4.78 is 90.6. The first-order valence-corrected chi connectivity index (χ1v) is 10.3. The van der Waals surface area contributed by atoms with Gasteiger partial charge in [0.05, 0.1) is 24.8 Å². The van der Waals surface area contributed by atoms with E-state index in [1.165, 1.54) is 13.3 Å². The number of benzene rings is 2. The van der Waals surface area contributed by atoms with Gasteiger partial charge in [0.25, 0.3) is 5.91 Å². The molecule has 1 aliphatic rings. The van der Waals surface area contributed by atoms with Crippen LogP contribution < -0.4 is 9.47 Å². The Morgan fingerprint density at radius 1 is 0.971 bits per heavy atom. The normalized spacial score (nSPS) is 14.3. The van der Waals surface area contributed by atoms with E-state index in [9.17, 15) is 31.1 Å². The first kappa shape index (κ1) is 24.4. The summed E-state index contributed by atoms with van der Waals surface area (Å²) in [6, 6.07) is 9.97. The molecule has 0 unspecified atom stereocenters. The van der Waals surface area contributed by atoms with E-state index in [1.54, 1.807) is 30.3 Å². The standard InChI is InChI=1S/C24H18F6N2O3/c1-34-20-5-3-2-4-18(20)17-6-7-31-22-19(17)12-32(21(33)13-35-22)11-14-8-15(23(25,26)27)10-16(9-14)24(28,29)30/h2-10H,11-13H2,1H3. The Hall–Kier alpha value is -3.76. The van der Waals surface area contributed by atoms with Crippen LogP contribution in [0.15, 0.2) is 54.7 Å². The lowest BCUT2D eigenvalue weighted by Gasteiger charge is -2.23. The van der Waals surface area contributed by atoms with Crippen LogP contribution >= 0.6 is 0 Å². The Labute approximate surface area is 195 Å². The minimum absolute atomic E-state index is 0.0515. The summed E-state index contributed by atoms with van der Waals surface area (Å²) in [5.74, 6) is 0.0555. The van der Waals surface area contributed by atoms with Gasteiger partial charge in [0, 0.05) is 23.9 Å². The zero-order valence-electron chi connectivity index (χ0n) is 18.2. The van der Waals surface area contributed by atoms with Crippen LogP contribution in [-0.2, 0) is 30.2 Å². The number of nitrogens with zero attached hydrogens (tertiary/aromatic N) is 2. The lowest BCUT2D eigenvalue weighted by Crippen LogP contribution is -2.32. The van der Waals surface area contributed by atoms with Crippen molar-refractivity contribution < 1.29 is 40.6 Å². The van der Waals surface area contributed by atoms with Crippen LogP contribution in [0.25, 0.3) is 11.1 Å². The van der Waals surface area contributed by atoms with E-state index in [1.807, 2.05) is 0 Å². The van der Waals surface area contributed by atoms with Crippen LogP contribution in [-0.4, -0.2) is 29.5 Å². The second-order valence-corrected chi connectivity index (χ2v) is 7.80. The highest BCUT2D eigenvalue weighted by Gasteiger charge is 2.37. The molecule has 1 amide bonds. The number of carbonyl (C=O) groups excluding carboxylic acids is 1. The number of alkyl halides is 6. The van der Waals surface area contributed by atoms with Crippen molar-refractivity contribution in [3.05, 3.63) is 77.0 Å². The van der Waals surface area contributed by atoms with E-state index in [2.05, 4.69) is 4.98 Å². The molecule has 5 nitrogen and oxygen atoms in total. The van der Waals surface area contributed by atoms with Gasteiger partial charge >= 0.3 is 12.4 Å². The highest BCUT2D eigenvalue weighted by Crippen LogP contribution is 2.39. The number of hydrogen-bond donors (Lipinski definition) is 0. The van der Waals surface area contributed by atoms with Gasteiger partial charge in [-0.3, -0.25) is 4.79 Å². The van der Waals surface area contributed by atoms with Gasteiger partial charge in [0.15, 0.2) is 6.61 Å². The molecule has 2 aromatic carbocycles. The molecule has 0 saturated carbocycles. The van der Waals surface area contributed by atoms with Crippen LogP contribution in [0.4, 0.5) is 26.3 Å². The van der Waals surface area contributed by atoms with Crippen molar-refractivity contribution in [1.29, 1.82) is 0 Å². The number of fused-ring (bicyclic) bond motifs is 1. The van der Waals surface area contributed by atoms with Gasteiger partial charge in [0.1, 0.15) is 5.75 Å². The molecule has 0 radical (unpaired) electrons. The number of pyridine rings is 1. The Morgan fingerprint density at radius 3 is 2.26 bits per heavy atom. The van der Waals surface area contributed by atoms with E-state index >= 15 is 0 Å². The smallest absolute Gasteiger partial charge is 0.416 e. The number of rotatable bonds is 4. The van der Waals surface area contributed by atoms with Crippen molar-refractivity contribution in [3.63, 3.8) is 0 Å². The van der Waals surface area contributed by atoms with Crippen LogP contribution in [0.5, 0.6) is 11.6 Å². The Kier molecular flexibility index (Phi) is 6.35. The number of amides is 1. The van der Waals surface area contributed by atoms with E-state index in [0.29, 0.717) is 34.6 Å². The van der Waals surface area contributed by atoms with Crippen molar-refractivity contribution >= 4 is 5.91 Å². The first-order valence-electron chi connectivity index (χ1n) is 10.3.